The molecule has 2 N–H and O–H groups in total. The fourth-order valence-corrected chi connectivity index (χ4v) is 4.37. The van der Waals surface area contributed by atoms with Gasteiger partial charge in [0.15, 0.2) is 5.16 Å². The summed E-state index contributed by atoms with van der Waals surface area (Å²) in [5.41, 5.74) is 0.738. The molecule has 0 spiro atoms. The molecule has 1 aliphatic rings. The second kappa shape index (κ2) is 7.27. The fraction of sp³-hybridized carbons (Fsp3) is 0.733. The second-order valence-electron chi connectivity index (χ2n) is 5.60. The Bertz CT molecular complexity index is 488. The molecule has 4 nitrogen and oxygen atoms in total. The van der Waals surface area contributed by atoms with E-state index in [1.54, 1.807) is 17.8 Å². The van der Waals surface area contributed by atoms with Crippen LogP contribution in [0, 0.1) is 12.8 Å². The highest BCUT2D eigenvalue weighted by atomic mass is 32.2. The number of rotatable bonds is 5. The van der Waals surface area contributed by atoms with Gasteiger partial charge in [0.25, 0.3) is 5.56 Å². The van der Waals surface area contributed by atoms with Gasteiger partial charge in [-0.05, 0) is 38.6 Å². The van der Waals surface area contributed by atoms with Gasteiger partial charge in [0.2, 0.25) is 0 Å². The lowest BCUT2D eigenvalue weighted by atomic mass is 9.84. The molecule has 1 aromatic heterocycles. The first-order valence-electron chi connectivity index (χ1n) is 7.60. The van der Waals surface area contributed by atoms with E-state index in [9.17, 15) is 4.79 Å². The number of hydrogen-bond acceptors (Lipinski definition) is 4. The normalized spacial score (nSPS) is 26.6. The molecule has 0 aliphatic heterocycles. The first kappa shape index (κ1) is 15.6. The van der Waals surface area contributed by atoms with Crippen LogP contribution in [0.2, 0.25) is 0 Å². The molecule has 0 amide bonds. The lowest BCUT2D eigenvalue weighted by Crippen LogP contribution is -2.42. The summed E-state index contributed by atoms with van der Waals surface area (Å²) >= 11 is 1.73. The minimum Gasteiger partial charge on any atom is -0.313 e. The van der Waals surface area contributed by atoms with Crippen molar-refractivity contribution in [1.82, 2.24) is 15.3 Å². The van der Waals surface area contributed by atoms with Gasteiger partial charge in [-0.25, -0.2) is 4.98 Å². The monoisotopic (exact) mass is 295 g/mol. The Morgan fingerprint density at radius 3 is 2.90 bits per heavy atom. The molecule has 112 valence electrons. The standard InChI is InChI=1S/C15H25N3OS/c1-4-11-6-7-12(16-5-2)13(9-11)20-15-17-10(3)8-14(19)18-15/h8,11-13,16H,4-7,9H2,1-3H3,(H,17,18,19). The fourth-order valence-electron chi connectivity index (χ4n) is 2.96. The number of thioether (sulfide) groups is 1. The highest BCUT2D eigenvalue weighted by molar-refractivity contribution is 7.99. The van der Waals surface area contributed by atoms with Crippen LogP contribution in [0.15, 0.2) is 16.0 Å². The Kier molecular flexibility index (Phi) is 5.66. The third-order valence-corrected chi connectivity index (χ3v) is 5.30. The molecule has 1 aliphatic carbocycles. The SMILES string of the molecule is CCNC1CCC(CC)CC1Sc1nc(C)cc(=O)[nH]1. The van der Waals surface area contributed by atoms with Crippen LogP contribution < -0.4 is 10.9 Å². The Balaban J connectivity index is 2.11. The number of nitrogens with one attached hydrogen (secondary N) is 2. The lowest BCUT2D eigenvalue weighted by molar-refractivity contribution is 0.297. The van der Waals surface area contributed by atoms with E-state index in [4.69, 9.17) is 0 Å². The largest absolute Gasteiger partial charge is 0.313 e. The van der Waals surface area contributed by atoms with E-state index in [1.165, 1.54) is 25.7 Å². The molecular weight excluding hydrogens is 270 g/mol. The molecule has 0 radical (unpaired) electrons. The third kappa shape index (κ3) is 4.09. The molecule has 1 saturated carbocycles. The van der Waals surface area contributed by atoms with Gasteiger partial charge in [0.1, 0.15) is 0 Å². The number of hydrogen-bond donors (Lipinski definition) is 2. The van der Waals surface area contributed by atoms with Crippen LogP contribution in [0.25, 0.3) is 0 Å². The highest BCUT2D eigenvalue weighted by Gasteiger charge is 2.30. The Labute approximate surface area is 125 Å². The highest BCUT2D eigenvalue weighted by Crippen LogP contribution is 2.36. The van der Waals surface area contributed by atoms with E-state index in [1.807, 2.05) is 6.92 Å². The number of aryl methyl sites for hydroxylation is 1. The van der Waals surface area contributed by atoms with Crippen molar-refractivity contribution in [3.05, 3.63) is 22.1 Å². The minimum atomic E-state index is -0.0529. The lowest BCUT2D eigenvalue weighted by Gasteiger charge is -2.35. The molecule has 3 atom stereocenters. The van der Waals surface area contributed by atoms with Crippen molar-refractivity contribution in [2.45, 2.75) is 62.9 Å². The van der Waals surface area contributed by atoms with Gasteiger partial charge >= 0.3 is 0 Å². The molecule has 3 unspecified atom stereocenters. The average molecular weight is 295 g/mol. The van der Waals surface area contributed by atoms with E-state index in [2.05, 4.69) is 29.1 Å². The van der Waals surface area contributed by atoms with Crippen LogP contribution in [0.3, 0.4) is 0 Å². The Hall–Kier alpha value is -0.810. The number of aromatic amines is 1. The van der Waals surface area contributed by atoms with Crippen molar-refractivity contribution in [1.29, 1.82) is 0 Å². The van der Waals surface area contributed by atoms with Gasteiger partial charge in [0, 0.05) is 23.1 Å². The molecule has 20 heavy (non-hydrogen) atoms. The maximum Gasteiger partial charge on any atom is 0.251 e. The molecule has 1 heterocycles. The summed E-state index contributed by atoms with van der Waals surface area (Å²) in [5.74, 6) is 0.805. The second-order valence-corrected chi connectivity index (χ2v) is 6.83. The molecule has 2 rings (SSSR count). The maximum absolute atomic E-state index is 11.6. The molecule has 0 bridgehead atoms. The summed E-state index contributed by atoms with van der Waals surface area (Å²) in [6, 6.07) is 2.07. The average Bonchev–Trinajstić information content (AvgIpc) is 2.40. The van der Waals surface area contributed by atoms with Crippen molar-refractivity contribution in [2.75, 3.05) is 6.54 Å². The Morgan fingerprint density at radius 2 is 2.25 bits per heavy atom. The minimum absolute atomic E-state index is 0.0529. The molecular formula is C15H25N3OS. The molecule has 1 fully saturated rings. The van der Waals surface area contributed by atoms with Gasteiger partial charge in [0.05, 0.1) is 0 Å². The van der Waals surface area contributed by atoms with E-state index >= 15 is 0 Å². The number of aromatic nitrogens is 2. The van der Waals surface area contributed by atoms with Gasteiger partial charge in [-0.2, -0.15) is 0 Å². The quantitative estimate of drug-likeness (QED) is 0.820. The topological polar surface area (TPSA) is 57.8 Å². The summed E-state index contributed by atoms with van der Waals surface area (Å²) in [7, 11) is 0. The summed E-state index contributed by atoms with van der Waals surface area (Å²) in [5, 5.41) is 4.85. The van der Waals surface area contributed by atoms with Crippen molar-refractivity contribution < 1.29 is 0 Å². The predicted octanol–water partition coefficient (Wildman–Crippen LogP) is 2.73. The molecule has 0 saturated heterocycles. The van der Waals surface area contributed by atoms with Crippen molar-refractivity contribution in [2.24, 2.45) is 5.92 Å². The maximum atomic E-state index is 11.6. The molecule has 5 heteroatoms. The summed E-state index contributed by atoms with van der Waals surface area (Å²) < 4.78 is 0. The third-order valence-electron chi connectivity index (χ3n) is 4.06. The van der Waals surface area contributed by atoms with Gasteiger partial charge < -0.3 is 10.3 Å². The molecule has 0 aromatic carbocycles. The van der Waals surface area contributed by atoms with Crippen LogP contribution in [0.1, 0.15) is 45.2 Å². The van der Waals surface area contributed by atoms with Gasteiger partial charge in [-0.1, -0.05) is 32.0 Å². The smallest absolute Gasteiger partial charge is 0.251 e. The summed E-state index contributed by atoms with van der Waals surface area (Å²) in [6.07, 6.45) is 4.98. The number of nitrogens with zero attached hydrogens (tertiary/aromatic N) is 1. The van der Waals surface area contributed by atoms with E-state index < -0.39 is 0 Å². The van der Waals surface area contributed by atoms with Crippen molar-refractivity contribution >= 4 is 11.8 Å². The first-order chi connectivity index (χ1) is 9.62. The molecule has 1 aromatic rings. The zero-order valence-electron chi connectivity index (χ0n) is 12.6. The van der Waals surface area contributed by atoms with Gasteiger partial charge in [-0.15, -0.1) is 0 Å². The van der Waals surface area contributed by atoms with Gasteiger partial charge in [-0.3, -0.25) is 4.79 Å². The van der Waals surface area contributed by atoms with E-state index in [-0.39, 0.29) is 5.56 Å². The zero-order chi connectivity index (χ0) is 14.5. The number of H-pyrrole nitrogens is 1. The van der Waals surface area contributed by atoms with E-state index in [0.29, 0.717) is 11.3 Å². The zero-order valence-corrected chi connectivity index (χ0v) is 13.4. The van der Waals surface area contributed by atoms with Crippen molar-refractivity contribution in [3.63, 3.8) is 0 Å². The van der Waals surface area contributed by atoms with Crippen molar-refractivity contribution in [3.8, 4) is 0 Å². The van der Waals surface area contributed by atoms with Crippen LogP contribution in [-0.2, 0) is 0 Å². The Morgan fingerprint density at radius 1 is 1.45 bits per heavy atom. The summed E-state index contributed by atoms with van der Waals surface area (Å²) in [4.78, 5) is 18.9. The predicted molar refractivity (Wildman–Crippen MR) is 84.3 cm³/mol. The van der Waals surface area contributed by atoms with Crippen LogP contribution in [0.5, 0.6) is 0 Å². The van der Waals surface area contributed by atoms with Crippen LogP contribution >= 0.6 is 11.8 Å². The summed E-state index contributed by atoms with van der Waals surface area (Å²) in [6.45, 7) is 7.29. The van der Waals surface area contributed by atoms with Crippen LogP contribution in [0.4, 0.5) is 0 Å². The van der Waals surface area contributed by atoms with Crippen LogP contribution in [-0.4, -0.2) is 27.8 Å². The van der Waals surface area contributed by atoms with E-state index in [0.717, 1.165) is 23.3 Å². The first-order valence-corrected chi connectivity index (χ1v) is 8.48.